The zero-order chi connectivity index (χ0) is 11.4. The lowest BCUT2D eigenvalue weighted by atomic mass is 10.0. The summed E-state index contributed by atoms with van der Waals surface area (Å²) >= 11 is 3.18. The van der Waals surface area contributed by atoms with Gasteiger partial charge in [0, 0.05) is 10.9 Å². The van der Waals surface area contributed by atoms with Crippen molar-refractivity contribution in [3.8, 4) is 6.07 Å². The summed E-state index contributed by atoms with van der Waals surface area (Å²) in [4.78, 5) is 21.3. The minimum Gasteiger partial charge on any atom is -0.475 e. The Morgan fingerprint density at radius 3 is 2.67 bits per heavy atom. The maximum Gasteiger partial charge on any atom is 0.372 e. The van der Waals surface area contributed by atoms with Crippen molar-refractivity contribution < 1.29 is 14.7 Å². The fourth-order valence-corrected chi connectivity index (χ4v) is 1.47. The van der Waals surface area contributed by atoms with Gasteiger partial charge in [-0.2, -0.15) is 5.26 Å². The summed E-state index contributed by atoms with van der Waals surface area (Å²) in [6.07, 6.45) is -0.266. The minimum atomic E-state index is -1.49. The van der Waals surface area contributed by atoms with Gasteiger partial charge in [0.15, 0.2) is 0 Å². The van der Waals surface area contributed by atoms with Crippen molar-refractivity contribution in [3.63, 3.8) is 0 Å². The van der Waals surface area contributed by atoms with Gasteiger partial charge in [-0.15, -0.1) is 0 Å². The molecular weight excluding hydrogens is 262 g/mol. The molecule has 4 nitrogen and oxygen atoms in total. The standard InChI is InChI=1S/C10H6BrNO3/c11-8-2-1-6(5-12)7(3-8)4-9(13)10(14)15/h1-3H,4H2,(H,14,15). The predicted octanol–water partition coefficient (Wildman–Crippen LogP) is 1.52. The molecule has 0 radical (unpaired) electrons. The molecule has 0 spiro atoms. The van der Waals surface area contributed by atoms with Crippen LogP contribution in [-0.2, 0) is 16.0 Å². The van der Waals surface area contributed by atoms with E-state index in [1.165, 1.54) is 6.07 Å². The van der Waals surface area contributed by atoms with E-state index in [1.807, 2.05) is 6.07 Å². The second-order valence-electron chi connectivity index (χ2n) is 2.82. The summed E-state index contributed by atoms with van der Waals surface area (Å²) in [5.74, 6) is -2.41. The number of carboxylic acids is 1. The number of carbonyl (C=O) groups excluding carboxylic acids is 1. The lowest BCUT2D eigenvalue weighted by molar-refractivity contribution is -0.148. The van der Waals surface area contributed by atoms with Crippen LogP contribution in [0.25, 0.3) is 0 Å². The molecule has 0 saturated carbocycles. The highest BCUT2D eigenvalue weighted by Gasteiger charge is 2.14. The number of Topliss-reactive ketones (excluding diaryl/α,β-unsaturated/α-hetero) is 1. The highest BCUT2D eigenvalue weighted by Crippen LogP contribution is 2.16. The van der Waals surface area contributed by atoms with Crippen LogP contribution in [0.3, 0.4) is 0 Å². The molecule has 1 aromatic rings. The van der Waals surface area contributed by atoms with Crippen molar-refractivity contribution in [2.45, 2.75) is 6.42 Å². The molecule has 76 valence electrons. The Hall–Kier alpha value is -1.67. The van der Waals surface area contributed by atoms with Gasteiger partial charge in [0.1, 0.15) is 0 Å². The number of nitriles is 1. The first-order valence-corrected chi connectivity index (χ1v) is 4.78. The molecular formula is C10H6BrNO3. The summed E-state index contributed by atoms with van der Waals surface area (Å²) in [5, 5.41) is 17.2. The molecule has 1 aromatic carbocycles. The second-order valence-corrected chi connectivity index (χ2v) is 3.73. The number of carbonyl (C=O) groups is 2. The van der Waals surface area contributed by atoms with Crippen LogP contribution in [0, 0.1) is 11.3 Å². The Bertz CT molecular complexity index is 462. The smallest absolute Gasteiger partial charge is 0.372 e. The van der Waals surface area contributed by atoms with E-state index >= 15 is 0 Å². The van der Waals surface area contributed by atoms with Crippen LogP contribution in [0.1, 0.15) is 11.1 Å². The van der Waals surface area contributed by atoms with E-state index in [0.29, 0.717) is 15.6 Å². The Morgan fingerprint density at radius 1 is 1.47 bits per heavy atom. The van der Waals surface area contributed by atoms with Gasteiger partial charge in [-0.1, -0.05) is 15.9 Å². The molecule has 0 bridgehead atoms. The maximum atomic E-state index is 11.0. The van der Waals surface area contributed by atoms with Crippen molar-refractivity contribution in [1.82, 2.24) is 0 Å². The van der Waals surface area contributed by atoms with Gasteiger partial charge < -0.3 is 5.11 Å². The van der Waals surface area contributed by atoms with E-state index < -0.39 is 11.8 Å². The molecule has 1 rings (SSSR count). The average molecular weight is 268 g/mol. The van der Waals surface area contributed by atoms with Crippen molar-refractivity contribution in [3.05, 3.63) is 33.8 Å². The number of carboxylic acid groups (broad SMARTS) is 1. The van der Waals surface area contributed by atoms with Crippen LogP contribution in [0.2, 0.25) is 0 Å². The van der Waals surface area contributed by atoms with Crippen molar-refractivity contribution in [2.24, 2.45) is 0 Å². The third-order valence-corrected chi connectivity index (χ3v) is 2.27. The van der Waals surface area contributed by atoms with Crippen LogP contribution in [0.15, 0.2) is 22.7 Å². The number of benzene rings is 1. The summed E-state index contributed by atoms with van der Waals surface area (Å²) < 4.78 is 0.703. The van der Waals surface area contributed by atoms with Gasteiger partial charge in [0.05, 0.1) is 11.6 Å². The first kappa shape index (κ1) is 11.4. The van der Waals surface area contributed by atoms with Crippen LogP contribution in [0.4, 0.5) is 0 Å². The lowest BCUT2D eigenvalue weighted by Gasteiger charge is -2.01. The van der Waals surface area contributed by atoms with Crippen LogP contribution in [-0.4, -0.2) is 16.9 Å². The quantitative estimate of drug-likeness (QED) is 0.843. The normalized spacial score (nSPS) is 9.33. The van der Waals surface area contributed by atoms with Gasteiger partial charge in [0.2, 0.25) is 5.78 Å². The zero-order valence-electron chi connectivity index (χ0n) is 7.53. The van der Waals surface area contributed by atoms with Gasteiger partial charge in [-0.3, -0.25) is 4.79 Å². The third-order valence-electron chi connectivity index (χ3n) is 1.78. The number of hydrogen-bond acceptors (Lipinski definition) is 3. The number of rotatable bonds is 3. The molecule has 0 aliphatic heterocycles. The number of hydrogen-bond donors (Lipinski definition) is 1. The highest BCUT2D eigenvalue weighted by atomic mass is 79.9. The van der Waals surface area contributed by atoms with Crippen LogP contribution in [0.5, 0.6) is 0 Å². The number of halogens is 1. The Balaban J connectivity index is 3.04. The minimum absolute atomic E-state index is 0.266. The highest BCUT2D eigenvalue weighted by molar-refractivity contribution is 9.10. The monoisotopic (exact) mass is 267 g/mol. The Kier molecular flexibility index (Phi) is 3.58. The van der Waals surface area contributed by atoms with Crippen molar-refractivity contribution in [1.29, 1.82) is 5.26 Å². The fourth-order valence-electron chi connectivity index (χ4n) is 1.07. The van der Waals surface area contributed by atoms with Crippen molar-refractivity contribution >= 4 is 27.7 Å². The zero-order valence-corrected chi connectivity index (χ0v) is 9.11. The summed E-state index contributed by atoms with van der Waals surface area (Å²) in [5.41, 5.74) is 0.729. The van der Waals surface area contributed by atoms with Gasteiger partial charge in [-0.05, 0) is 23.8 Å². The molecule has 0 unspecified atom stereocenters. The molecule has 0 atom stereocenters. The molecule has 0 heterocycles. The summed E-state index contributed by atoms with van der Waals surface area (Å²) in [7, 11) is 0. The molecule has 0 fully saturated rings. The SMILES string of the molecule is N#Cc1ccc(Br)cc1CC(=O)C(=O)O. The molecule has 0 amide bonds. The first-order chi connectivity index (χ1) is 7.04. The van der Waals surface area contributed by atoms with E-state index in [9.17, 15) is 9.59 Å². The van der Waals surface area contributed by atoms with Crippen LogP contribution < -0.4 is 0 Å². The molecule has 0 aliphatic carbocycles. The van der Waals surface area contributed by atoms with E-state index in [4.69, 9.17) is 10.4 Å². The second kappa shape index (κ2) is 4.71. The van der Waals surface area contributed by atoms with Gasteiger partial charge in [-0.25, -0.2) is 4.79 Å². The molecule has 5 heteroatoms. The average Bonchev–Trinajstić information content (AvgIpc) is 2.18. The largest absolute Gasteiger partial charge is 0.475 e. The molecule has 1 N–H and O–H groups in total. The Labute approximate surface area is 94.3 Å². The van der Waals surface area contributed by atoms with E-state index in [1.54, 1.807) is 12.1 Å². The van der Waals surface area contributed by atoms with Gasteiger partial charge in [0.25, 0.3) is 0 Å². The first-order valence-electron chi connectivity index (χ1n) is 3.99. The number of nitrogens with zero attached hydrogens (tertiary/aromatic N) is 1. The molecule has 0 saturated heterocycles. The lowest BCUT2D eigenvalue weighted by Crippen LogP contribution is -2.15. The van der Waals surface area contributed by atoms with E-state index in [-0.39, 0.29) is 6.42 Å². The van der Waals surface area contributed by atoms with Gasteiger partial charge >= 0.3 is 5.97 Å². The number of aliphatic carboxylic acids is 1. The maximum absolute atomic E-state index is 11.0. The Morgan fingerprint density at radius 2 is 2.13 bits per heavy atom. The molecule has 0 aromatic heterocycles. The van der Waals surface area contributed by atoms with Crippen LogP contribution >= 0.6 is 15.9 Å². The fraction of sp³-hybridized carbons (Fsp3) is 0.100. The summed E-state index contributed by atoms with van der Waals surface area (Å²) in [6, 6.07) is 6.67. The molecule has 0 aliphatic rings. The number of ketones is 1. The van der Waals surface area contributed by atoms with Crippen molar-refractivity contribution in [2.75, 3.05) is 0 Å². The third kappa shape index (κ3) is 2.89. The summed E-state index contributed by atoms with van der Waals surface area (Å²) in [6.45, 7) is 0. The predicted molar refractivity (Wildman–Crippen MR) is 55.2 cm³/mol. The van der Waals surface area contributed by atoms with E-state index in [2.05, 4.69) is 15.9 Å². The van der Waals surface area contributed by atoms with E-state index in [0.717, 1.165) is 0 Å². The topological polar surface area (TPSA) is 78.2 Å². The molecule has 15 heavy (non-hydrogen) atoms.